The lowest BCUT2D eigenvalue weighted by atomic mass is 10.1. The van der Waals surface area contributed by atoms with E-state index in [1.54, 1.807) is 12.4 Å². The zero-order valence-corrected chi connectivity index (χ0v) is 15.7. The Hall–Kier alpha value is -2.95. The van der Waals surface area contributed by atoms with Gasteiger partial charge in [-0.05, 0) is 56.5 Å². The van der Waals surface area contributed by atoms with E-state index in [1.165, 1.54) is 11.1 Å². The number of pyridine rings is 1. The largest absolute Gasteiger partial charge is 0.352 e. The molecule has 134 valence electrons. The molecule has 2 heterocycles. The molecule has 5 nitrogen and oxygen atoms in total. The van der Waals surface area contributed by atoms with Crippen LogP contribution in [0.5, 0.6) is 0 Å². The molecule has 3 rings (SSSR count). The normalized spacial score (nSPS) is 11.8. The Bertz CT molecular complexity index is 877. The summed E-state index contributed by atoms with van der Waals surface area (Å²) in [5.41, 5.74) is 5.39. The summed E-state index contributed by atoms with van der Waals surface area (Å²) in [6.45, 7) is 8.49. The molecule has 0 aliphatic carbocycles. The Kier molecular flexibility index (Phi) is 5.46. The molecule has 26 heavy (non-hydrogen) atoms. The number of hydrogen-bond donors (Lipinski definition) is 2. The van der Waals surface area contributed by atoms with Crippen molar-refractivity contribution in [1.29, 1.82) is 0 Å². The summed E-state index contributed by atoms with van der Waals surface area (Å²) in [5.74, 6) is 1.40. The molecule has 0 unspecified atom stereocenters. The third kappa shape index (κ3) is 4.17. The van der Waals surface area contributed by atoms with Crippen LogP contribution in [0.1, 0.15) is 31.4 Å². The molecule has 1 atom stereocenters. The second kappa shape index (κ2) is 7.95. The van der Waals surface area contributed by atoms with Gasteiger partial charge < -0.3 is 10.6 Å². The molecule has 0 amide bonds. The van der Waals surface area contributed by atoms with Gasteiger partial charge in [-0.1, -0.05) is 19.1 Å². The summed E-state index contributed by atoms with van der Waals surface area (Å²) < 4.78 is 0. The van der Waals surface area contributed by atoms with Crippen LogP contribution in [0.3, 0.4) is 0 Å². The Morgan fingerprint density at radius 1 is 1.04 bits per heavy atom. The maximum atomic E-state index is 4.68. The van der Waals surface area contributed by atoms with Crippen LogP contribution in [0.4, 0.5) is 17.5 Å². The molecule has 0 spiro atoms. The smallest absolute Gasteiger partial charge is 0.225 e. The summed E-state index contributed by atoms with van der Waals surface area (Å²) in [5, 5.41) is 6.82. The predicted molar refractivity (Wildman–Crippen MR) is 108 cm³/mol. The molecule has 0 bridgehead atoms. The number of nitrogens with one attached hydrogen (secondary N) is 2. The summed E-state index contributed by atoms with van der Waals surface area (Å²) in [6.07, 6.45) is 4.55. The average molecular weight is 347 g/mol. The van der Waals surface area contributed by atoms with E-state index in [1.807, 2.05) is 24.3 Å². The lowest BCUT2D eigenvalue weighted by Gasteiger charge is -2.16. The lowest BCUT2D eigenvalue weighted by molar-refractivity contribution is 0.753. The lowest BCUT2D eigenvalue weighted by Crippen LogP contribution is -2.16. The first-order chi connectivity index (χ1) is 12.6. The Labute approximate surface area is 154 Å². The van der Waals surface area contributed by atoms with Crippen LogP contribution in [-0.2, 0) is 0 Å². The van der Waals surface area contributed by atoms with Gasteiger partial charge in [-0.2, -0.15) is 4.98 Å². The van der Waals surface area contributed by atoms with Crippen molar-refractivity contribution in [3.8, 4) is 11.3 Å². The standard InChI is InChI=1S/C21H25N5/c1-5-15(3)23-21-25-19(17-9-11-22-12-10-17)13-20(26-21)24-18-8-6-7-14(2)16(18)4/h6-13,15H,5H2,1-4H3,(H2,23,24,25,26)/t15-/m0/s1. The molecule has 0 saturated carbocycles. The number of aryl methyl sites for hydroxylation is 1. The SMILES string of the molecule is CC[C@H](C)Nc1nc(Nc2cccc(C)c2C)cc(-c2ccncc2)n1. The van der Waals surface area contributed by atoms with E-state index in [9.17, 15) is 0 Å². The van der Waals surface area contributed by atoms with Crippen LogP contribution in [0.2, 0.25) is 0 Å². The molecular formula is C21H25N5. The molecule has 0 aliphatic heterocycles. The monoisotopic (exact) mass is 347 g/mol. The van der Waals surface area contributed by atoms with E-state index in [4.69, 9.17) is 0 Å². The first-order valence-corrected chi connectivity index (χ1v) is 8.96. The van der Waals surface area contributed by atoms with Crippen molar-refractivity contribution < 1.29 is 0 Å². The Balaban J connectivity index is 2.00. The summed E-state index contributed by atoms with van der Waals surface area (Å²) >= 11 is 0. The molecular weight excluding hydrogens is 322 g/mol. The van der Waals surface area contributed by atoms with Gasteiger partial charge in [-0.3, -0.25) is 4.98 Å². The van der Waals surface area contributed by atoms with E-state index < -0.39 is 0 Å². The number of hydrogen-bond acceptors (Lipinski definition) is 5. The second-order valence-electron chi connectivity index (χ2n) is 6.52. The minimum absolute atomic E-state index is 0.302. The van der Waals surface area contributed by atoms with E-state index >= 15 is 0 Å². The van der Waals surface area contributed by atoms with Crippen molar-refractivity contribution in [2.45, 2.75) is 40.2 Å². The summed E-state index contributed by atoms with van der Waals surface area (Å²) in [6, 6.07) is 12.4. The highest BCUT2D eigenvalue weighted by atomic mass is 15.2. The highest BCUT2D eigenvalue weighted by molar-refractivity contribution is 5.68. The van der Waals surface area contributed by atoms with Crippen molar-refractivity contribution in [2.75, 3.05) is 10.6 Å². The molecule has 0 fully saturated rings. The van der Waals surface area contributed by atoms with E-state index in [0.717, 1.165) is 29.2 Å². The van der Waals surface area contributed by atoms with Crippen LogP contribution in [-0.4, -0.2) is 21.0 Å². The van der Waals surface area contributed by atoms with Crippen LogP contribution in [0.25, 0.3) is 11.3 Å². The third-order valence-electron chi connectivity index (χ3n) is 4.56. The minimum Gasteiger partial charge on any atom is -0.352 e. The highest BCUT2D eigenvalue weighted by Crippen LogP contribution is 2.26. The number of rotatable bonds is 6. The van der Waals surface area contributed by atoms with Crippen LogP contribution in [0, 0.1) is 13.8 Å². The number of benzene rings is 1. The second-order valence-corrected chi connectivity index (χ2v) is 6.52. The van der Waals surface area contributed by atoms with Gasteiger partial charge in [-0.15, -0.1) is 0 Å². The molecule has 2 aromatic heterocycles. The van der Waals surface area contributed by atoms with Crippen molar-refractivity contribution >= 4 is 17.5 Å². The van der Waals surface area contributed by atoms with Gasteiger partial charge in [0, 0.05) is 35.8 Å². The fourth-order valence-corrected chi connectivity index (χ4v) is 2.59. The van der Waals surface area contributed by atoms with Crippen LogP contribution < -0.4 is 10.6 Å². The van der Waals surface area contributed by atoms with E-state index in [-0.39, 0.29) is 0 Å². The fourth-order valence-electron chi connectivity index (χ4n) is 2.59. The molecule has 3 aromatic rings. The summed E-state index contributed by atoms with van der Waals surface area (Å²) in [4.78, 5) is 13.4. The topological polar surface area (TPSA) is 62.7 Å². The van der Waals surface area contributed by atoms with Crippen molar-refractivity contribution in [3.05, 3.63) is 59.9 Å². The van der Waals surface area contributed by atoms with Gasteiger partial charge in [-0.25, -0.2) is 4.98 Å². The van der Waals surface area contributed by atoms with Gasteiger partial charge >= 0.3 is 0 Å². The van der Waals surface area contributed by atoms with Crippen LogP contribution in [0.15, 0.2) is 48.8 Å². The molecule has 1 aromatic carbocycles. The first kappa shape index (κ1) is 17.9. The summed E-state index contributed by atoms with van der Waals surface area (Å²) in [7, 11) is 0. The molecule has 0 radical (unpaired) electrons. The first-order valence-electron chi connectivity index (χ1n) is 8.96. The van der Waals surface area contributed by atoms with E-state index in [0.29, 0.717) is 12.0 Å². The Morgan fingerprint density at radius 3 is 2.54 bits per heavy atom. The third-order valence-corrected chi connectivity index (χ3v) is 4.56. The van der Waals surface area contributed by atoms with Gasteiger partial charge in [0.2, 0.25) is 5.95 Å². The molecule has 5 heteroatoms. The van der Waals surface area contributed by atoms with Gasteiger partial charge in [0.15, 0.2) is 0 Å². The number of nitrogens with zero attached hydrogens (tertiary/aromatic N) is 3. The zero-order chi connectivity index (χ0) is 18.5. The maximum Gasteiger partial charge on any atom is 0.225 e. The van der Waals surface area contributed by atoms with Crippen molar-refractivity contribution in [1.82, 2.24) is 15.0 Å². The van der Waals surface area contributed by atoms with Crippen LogP contribution >= 0.6 is 0 Å². The Morgan fingerprint density at radius 2 is 1.81 bits per heavy atom. The van der Waals surface area contributed by atoms with Crippen molar-refractivity contribution in [2.24, 2.45) is 0 Å². The average Bonchev–Trinajstić information content (AvgIpc) is 2.66. The molecule has 0 aliphatic rings. The predicted octanol–water partition coefficient (Wildman–Crippen LogP) is 5.11. The number of anilines is 3. The zero-order valence-electron chi connectivity index (χ0n) is 15.7. The minimum atomic E-state index is 0.302. The number of aromatic nitrogens is 3. The quantitative estimate of drug-likeness (QED) is 0.649. The molecule has 2 N–H and O–H groups in total. The fraction of sp³-hybridized carbons (Fsp3) is 0.286. The van der Waals surface area contributed by atoms with Crippen molar-refractivity contribution in [3.63, 3.8) is 0 Å². The molecule has 0 saturated heterocycles. The van der Waals surface area contributed by atoms with Gasteiger partial charge in [0.05, 0.1) is 5.69 Å². The maximum absolute atomic E-state index is 4.68. The van der Waals surface area contributed by atoms with E-state index in [2.05, 4.69) is 65.4 Å². The highest BCUT2D eigenvalue weighted by Gasteiger charge is 2.10. The van der Waals surface area contributed by atoms with Gasteiger partial charge in [0.1, 0.15) is 5.82 Å². The van der Waals surface area contributed by atoms with Gasteiger partial charge in [0.25, 0.3) is 0 Å².